The van der Waals surface area contributed by atoms with Gasteiger partial charge in [-0.1, -0.05) is 60.7 Å². The molecule has 1 aliphatic rings. The van der Waals surface area contributed by atoms with Gasteiger partial charge in [0.05, 0.1) is 12.6 Å². The quantitative estimate of drug-likeness (QED) is 0.425. The van der Waals surface area contributed by atoms with Crippen LogP contribution in [-0.2, 0) is 22.6 Å². The Hall–Kier alpha value is -3.19. The first kappa shape index (κ1) is 24.0. The highest BCUT2D eigenvalue weighted by Gasteiger charge is 2.36. The molecule has 1 amide bonds. The number of hydrogen-bond donors (Lipinski definition) is 2. The summed E-state index contributed by atoms with van der Waals surface area (Å²) < 4.78 is 11.1. The fraction of sp³-hybridized carbons (Fsp3) is 0.321. The van der Waals surface area contributed by atoms with Crippen LogP contribution in [0.4, 0.5) is 0 Å². The summed E-state index contributed by atoms with van der Waals surface area (Å²) in [5.74, 6) is 1.70. The number of carbonyl (C=O) groups excluding carboxylic acids is 1. The Kier molecular flexibility index (Phi) is 8.68. The van der Waals surface area contributed by atoms with Crippen molar-refractivity contribution >= 4 is 5.91 Å². The zero-order valence-corrected chi connectivity index (χ0v) is 19.7. The van der Waals surface area contributed by atoms with Gasteiger partial charge in [-0.2, -0.15) is 0 Å². The van der Waals surface area contributed by atoms with E-state index in [2.05, 4.69) is 39.8 Å². The van der Waals surface area contributed by atoms with Crippen molar-refractivity contribution < 1.29 is 14.3 Å². The summed E-state index contributed by atoms with van der Waals surface area (Å²) in [5.41, 5.74) is 2.36. The molecule has 6 heteroatoms. The largest absolute Gasteiger partial charge is 0.457 e. The molecule has 0 aliphatic carbocycles. The Labute approximate surface area is 201 Å². The Morgan fingerprint density at radius 1 is 0.941 bits per heavy atom. The number of benzene rings is 3. The van der Waals surface area contributed by atoms with Crippen LogP contribution in [0.1, 0.15) is 17.5 Å². The third-order valence-corrected chi connectivity index (χ3v) is 6.01. The number of nitrogens with zero attached hydrogens (tertiary/aromatic N) is 1. The molecule has 0 unspecified atom stereocenters. The summed E-state index contributed by atoms with van der Waals surface area (Å²) >= 11 is 0. The monoisotopic (exact) mass is 459 g/mol. The smallest absolute Gasteiger partial charge is 0.237 e. The molecule has 34 heavy (non-hydrogen) atoms. The second kappa shape index (κ2) is 12.3. The van der Waals surface area contributed by atoms with Gasteiger partial charge in [-0.25, -0.2) is 0 Å². The summed E-state index contributed by atoms with van der Waals surface area (Å²) in [6.07, 6.45) is 0.770. The lowest BCUT2D eigenvalue weighted by Crippen LogP contribution is -2.43. The second-order valence-corrected chi connectivity index (χ2v) is 8.59. The SMILES string of the molecule is COCCNC(=O)[C@@H]1C[C@H](NCc2cccc(Oc3ccccc3)c2)CN1Cc1ccccc1. The third-order valence-electron chi connectivity index (χ3n) is 6.01. The number of para-hydroxylation sites is 1. The van der Waals surface area contributed by atoms with Crippen LogP contribution in [0.2, 0.25) is 0 Å². The Bertz CT molecular complexity index is 1030. The van der Waals surface area contributed by atoms with Crippen LogP contribution < -0.4 is 15.4 Å². The Morgan fingerprint density at radius 3 is 2.41 bits per heavy atom. The van der Waals surface area contributed by atoms with Gasteiger partial charge in [0, 0.05) is 39.3 Å². The van der Waals surface area contributed by atoms with E-state index in [4.69, 9.17) is 9.47 Å². The number of likely N-dealkylation sites (tertiary alicyclic amines) is 1. The molecule has 3 aromatic carbocycles. The molecule has 0 spiro atoms. The highest BCUT2D eigenvalue weighted by Crippen LogP contribution is 2.24. The third kappa shape index (κ3) is 6.90. The molecule has 4 rings (SSSR count). The zero-order chi connectivity index (χ0) is 23.6. The van der Waals surface area contributed by atoms with Crippen molar-refractivity contribution in [3.8, 4) is 11.5 Å². The fourth-order valence-electron chi connectivity index (χ4n) is 4.32. The van der Waals surface area contributed by atoms with E-state index < -0.39 is 0 Å². The molecule has 0 aromatic heterocycles. The molecule has 6 nitrogen and oxygen atoms in total. The minimum Gasteiger partial charge on any atom is -0.457 e. The number of amides is 1. The minimum absolute atomic E-state index is 0.0653. The predicted molar refractivity (Wildman–Crippen MR) is 134 cm³/mol. The molecule has 1 saturated heterocycles. The predicted octanol–water partition coefficient (Wildman–Crippen LogP) is 3.97. The van der Waals surface area contributed by atoms with Gasteiger partial charge in [0.15, 0.2) is 0 Å². The second-order valence-electron chi connectivity index (χ2n) is 8.59. The number of ether oxygens (including phenoxy) is 2. The summed E-state index contributed by atoms with van der Waals surface area (Å²) in [6.45, 7) is 3.32. The molecule has 1 aliphatic heterocycles. The van der Waals surface area contributed by atoms with Gasteiger partial charge in [-0.05, 0) is 41.8 Å². The first-order valence-corrected chi connectivity index (χ1v) is 11.8. The highest BCUT2D eigenvalue weighted by molar-refractivity contribution is 5.82. The van der Waals surface area contributed by atoms with Crippen LogP contribution in [-0.4, -0.2) is 49.7 Å². The lowest BCUT2D eigenvalue weighted by Gasteiger charge is -2.23. The summed E-state index contributed by atoms with van der Waals surface area (Å²) in [7, 11) is 1.64. The van der Waals surface area contributed by atoms with Crippen LogP contribution in [0.5, 0.6) is 11.5 Å². The van der Waals surface area contributed by atoms with Crippen molar-refractivity contribution in [3.05, 3.63) is 96.1 Å². The maximum Gasteiger partial charge on any atom is 0.237 e. The fourth-order valence-corrected chi connectivity index (χ4v) is 4.32. The maximum atomic E-state index is 12.9. The van der Waals surface area contributed by atoms with Gasteiger partial charge in [0.2, 0.25) is 5.91 Å². The van der Waals surface area contributed by atoms with Crippen LogP contribution in [0, 0.1) is 0 Å². The van der Waals surface area contributed by atoms with Gasteiger partial charge in [-0.3, -0.25) is 9.69 Å². The Morgan fingerprint density at radius 2 is 1.65 bits per heavy atom. The highest BCUT2D eigenvalue weighted by atomic mass is 16.5. The van der Waals surface area contributed by atoms with Gasteiger partial charge in [0.1, 0.15) is 11.5 Å². The van der Waals surface area contributed by atoms with Crippen LogP contribution in [0.25, 0.3) is 0 Å². The molecular weight excluding hydrogens is 426 g/mol. The zero-order valence-electron chi connectivity index (χ0n) is 19.7. The van der Waals surface area contributed by atoms with Crippen molar-refractivity contribution in [1.82, 2.24) is 15.5 Å². The molecule has 0 saturated carbocycles. The van der Waals surface area contributed by atoms with E-state index in [1.54, 1.807) is 7.11 Å². The molecule has 0 bridgehead atoms. The van der Waals surface area contributed by atoms with Crippen molar-refractivity contribution in [2.24, 2.45) is 0 Å². The standard InChI is InChI=1S/C28H33N3O3/c1-33-16-15-29-28(32)27-18-24(21-31(27)20-22-9-4-2-5-10-22)30-19-23-11-8-14-26(17-23)34-25-12-6-3-7-13-25/h2-14,17,24,27,30H,15-16,18-21H2,1H3,(H,29,32)/t24-,27-/m0/s1. The van der Waals surface area contributed by atoms with Crippen molar-refractivity contribution in [2.45, 2.75) is 31.6 Å². The van der Waals surface area contributed by atoms with E-state index in [-0.39, 0.29) is 18.0 Å². The number of methoxy groups -OCH3 is 1. The van der Waals surface area contributed by atoms with Crippen LogP contribution >= 0.6 is 0 Å². The van der Waals surface area contributed by atoms with Crippen molar-refractivity contribution in [1.29, 1.82) is 0 Å². The average molecular weight is 460 g/mol. The van der Waals surface area contributed by atoms with Crippen LogP contribution in [0.3, 0.4) is 0 Å². The number of rotatable bonds is 11. The molecule has 2 N–H and O–H groups in total. The topological polar surface area (TPSA) is 62.8 Å². The lowest BCUT2D eigenvalue weighted by atomic mass is 10.1. The first-order valence-electron chi connectivity index (χ1n) is 11.8. The number of hydrogen-bond acceptors (Lipinski definition) is 5. The van der Waals surface area contributed by atoms with E-state index in [1.807, 2.05) is 60.7 Å². The Balaban J connectivity index is 1.36. The summed E-state index contributed by atoms with van der Waals surface area (Å²) in [4.78, 5) is 15.2. The summed E-state index contributed by atoms with van der Waals surface area (Å²) in [5, 5.41) is 6.67. The molecule has 3 aromatic rings. The van der Waals surface area contributed by atoms with E-state index in [1.165, 1.54) is 5.56 Å². The molecule has 2 atom stereocenters. The maximum absolute atomic E-state index is 12.9. The minimum atomic E-state index is -0.165. The molecule has 1 heterocycles. The molecule has 1 fully saturated rings. The number of nitrogens with one attached hydrogen (secondary N) is 2. The van der Waals surface area contributed by atoms with Crippen molar-refractivity contribution in [2.75, 3.05) is 26.8 Å². The molecular formula is C28H33N3O3. The van der Waals surface area contributed by atoms with Gasteiger partial charge in [0.25, 0.3) is 0 Å². The number of carbonyl (C=O) groups is 1. The van der Waals surface area contributed by atoms with Crippen LogP contribution in [0.15, 0.2) is 84.9 Å². The van der Waals surface area contributed by atoms with E-state index in [0.717, 1.165) is 36.6 Å². The molecule has 178 valence electrons. The van der Waals surface area contributed by atoms with Gasteiger partial charge in [-0.15, -0.1) is 0 Å². The lowest BCUT2D eigenvalue weighted by molar-refractivity contribution is -0.125. The van der Waals surface area contributed by atoms with E-state index in [0.29, 0.717) is 19.7 Å². The molecule has 0 radical (unpaired) electrons. The van der Waals surface area contributed by atoms with Crippen molar-refractivity contribution in [3.63, 3.8) is 0 Å². The normalized spacial score (nSPS) is 18.0. The first-order chi connectivity index (χ1) is 16.7. The van der Waals surface area contributed by atoms with Gasteiger partial charge < -0.3 is 20.1 Å². The van der Waals surface area contributed by atoms with Gasteiger partial charge >= 0.3 is 0 Å². The van der Waals surface area contributed by atoms with E-state index >= 15 is 0 Å². The van der Waals surface area contributed by atoms with E-state index in [9.17, 15) is 4.79 Å². The summed E-state index contributed by atoms with van der Waals surface area (Å²) in [6, 6.07) is 28.3. The average Bonchev–Trinajstić information content (AvgIpc) is 3.27.